The second-order valence-corrected chi connectivity index (χ2v) is 5.52. The van der Waals surface area contributed by atoms with E-state index in [-0.39, 0.29) is 23.2 Å². The number of benzene rings is 1. The molecule has 0 aliphatic carbocycles. The van der Waals surface area contributed by atoms with E-state index < -0.39 is 0 Å². The summed E-state index contributed by atoms with van der Waals surface area (Å²) in [6, 6.07) is 5.14. The first kappa shape index (κ1) is 15.3. The van der Waals surface area contributed by atoms with Gasteiger partial charge in [0.25, 0.3) is 0 Å². The van der Waals surface area contributed by atoms with Crippen molar-refractivity contribution in [2.24, 2.45) is 0 Å². The predicted octanol–water partition coefficient (Wildman–Crippen LogP) is 3.44. The maximum absolute atomic E-state index is 14.6. The highest BCUT2D eigenvalue weighted by Gasteiger charge is 2.40. The van der Waals surface area contributed by atoms with Crippen LogP contribution in [0.5, 0.6) is 5.75 Å². The van der Waals surface area contributed by atoms with E-state index >= 15 is 0 Å². The number of hydrogen-bond donors (Lipinski definition) is 1. The van der Waals surface area contributed by atoms with Crippen molar-refractivity contribution in [3.63, 3.8) is 0 Å². The number of rotatable bonds is 6. The molecule has 2 unspecified atom stereocenters. The Morgan fingerprint density at radius 3 is 2.90 bits per heavy atom. The van der Waals surface area contributed by atoms with Crippen LogP contribution in [0.1, 0.15) is 44.7 Å². The van der Waals surface area contributed by atoms with Crippen LogP contribution in [-0.4, -0.2) is 25.9 Å². The smallest absolute Gasteiger partial charge is 0.169 e. The maximum Gasteiger partial charge on any atom is 0.169 e. The van der Waals surface area contributed by atoms with Gasteiger partial charge in [-0.2, -0.15) is 0 Å². The van der Waals surface area contributed by atoms with Crippen LogP contribution in [0, 0.1) is 5.82 Å². The van der Waals surface area contributed by atoms with Crippen LogP contribution < -0.4 is 10.1 Å². The molecule has 1 heterocycles. The van der Waals surface area contributed by atoms with Crippen molar-refractivity contribution in [1.29, 1.82) is 0 Å². The van der Waals surface area contributed by atoms with Gasteiger partial charge in [-0.3, -0.25) is 0 Å². The molecule has 0 bridgehead atoms. The summed E-state index contributed by atoms with van der Waals surface area (Å²) in [6.45, 7) is 5.74. The Morgan fingerprint density at radius 1 is 1.50 bits per heavy atom. The van der Waals surface area contributed by atoms with Crippen molar-refractivity contribution < 1.29 is 13.9 Å². The fourth-order valence-corrected chi connectivity index (χ4v) is 2.88. The summed E-state index contributed by atoms with van der Waals surface area (Å²) in [5.41, 5.74) is 0.268. The molecule has 1 saturated heterocycles. The average Bonchev–Trinajstić information content (AvgIpc) is 2.88. The lowest BCUT2D eigenvalue weighted by Crippen LogP contribution is -2.42. The largest absolute Gasteiger partial charge is 0.494 e. The Kier molecular flexibility index (Phi) is 5.00. The van der Waals surface area contributed by atoms with Crippen molar-refractivity contribution in [2.45, 2.75) is 44.8 Å². The van der Waals surface area contributed by atoms with Gasteiger partial charge in [0.15, 0.2) is 11.6 Å². The molecule has 3 nitrogen and oxygen atoms in total. The third-order valence-corrected chi connectivity index (χ3v) is 3.98. The summed E-state index contributed by atoms with van der Waals surface area (Å²) in [4.78, 5) is 0. The quantitative estimate of drug-likeness (QED) is 0.866. The standard InChI is InChI=1S/C16H24FNO2/c1-4-10-18-15(16(2)9-6-11-20-16)12-7-5-8-13(19-3)14(12)17/h5,7-8,15,18H,4,6,9-11H2,1-3H3. The number of ether oxygens (including phenoxy) is 2. The van der Waals surface area contributed by atoms with E-state index in [9.17, 15) is 4.39 Å². The second kappa shape index (κ2) is 6.55. The summed E-state index contributed by atoms with van der Waals surface area (Å²) in [7, 11) is 1.49. The zero-order chi connectivity index (χ0) is 14.6. The lowest BCUT2D eigenvalue weighted by Gasteiger charge is -2.35. The van der Waals surface area contributed by atoms with Crippen LogP contribution in [0.3, 0.4) is 0 Å². The van der Waals surface area contributed by atoms with E-state index in [1.807, 2.05) is 12.1 Å². The first-order valence-corrected chi connectivity index (χ1v) is 7.32. The summed E-state index contributed by atoms with van der Waals surface area (Å²) in [5.74, 6) is -0.00674. The van der Waals surface area contributed by atoms with Gasteiger partial charge in [0.2, 0.25) is 0 Å². The molecule has 0 aromatic heterocycles. The van der Waals surface area contributed by atoms with E-state index in [1.54, 1.807) is 6.07 Å². The molecule has 1 N–H and O–H groups in total. The zero-order valence-corrected chi connectivity index (χ0v) is 12.5. The van der Waals surface area contributed by atoms with E-state index in [1.165, 1.54) is 7.11 Å². The second-order valence-electron chi connectivity index (χ2n) is 5.52. The molecule has 1 aliphatic heterocycles. The van der Waals surface area contributed by atoms with Crippen molar-refractivity contribution in [2.75, 3.05) is 20.3 Å². The molecule has 2 atom stereocenters. The van der Waals surface area contributed by atoms with Crippen molar-refractivity contribution in [1.82, 2.24) is 5.32 Å². The molecule has 0 radical (unpaired) electrons. The van der Waals surface area contributed by atoms with Gasteiger partial charge in [-0.15, -0.1) is 0 Å². The molecular formula is C16H24FNO2. The van der Waals surface area contributed by atoms with E-state index in [2.05, 4.69) is 19.2 Å². The number of halogens is 1. The molecule has 112 valence electrons. The van der Waals surface area contributed by atoms with Crippen LogP contribution >= 0.6 is 0 Å². The minimum Gasteiger partial charge on any atom is -0.494 e. The van der Waals surface area contributed by atoms with Crippen LogP contribution in [0.25, 0.3) is 0 Å². The molecule has 0 saturated carbocycles. The first-order valence-electron chi connectivity index (χ1n) is 7.32. The molecule has 0 amide bonds. The Morgan fingerprint density at radius 2 is 2.30 bits per heavy atom. The Hall–Kier alpha value is -1.13. The Labute approximate surface area is 120 Å². The number of nitrogens with one attached hydrogen (secondary N) is 1. The van der Waals surface area contributed by atoms with Gasteiger partial charge >= 0.3 is 0 Å². The van der Waals surface area contributed by atoms with Crippen molar-refractivity contribution in [3.8, 4) is 5.75 Å². The summed E-state index contributed by atoms with van der Waals surface area (Å²) < 4.78 is 25.6. The number of hydrogen-bond acceptors (Lipinski definition) is 3. The Bertz CT molecular complexity index is 444. The van der Waals surface area contributed by atoms with Gasteiger partial charge < -0.3 is 14.8 Å². The Balaban J connectivity index is 2.35. The minimum absolute atomic E-state index is 0.153. The van der Waals surface area contributed by atoms with Gasteiger partial charge in [-0.05, 0) is 38.8 Å². The third kappa shape index (κ3) is 2.96. The first-order chi connectivity index (χ1) is 9.62. The summed E-state index contributed by atoms with van der Waals surface area (Å²) in [5, 5.41) is 3.44. The predicted molar refractivity (Wildman–Crippen MR) is 77.6 cm³/mol. The molecule has 1 fully saturated rings. The van der Waals surface area contributed by atoms with Crippen LogP contribution in [0.15, 0.2) is 18.2 Å². The van der Waals surface area contributed by atoms with E-state index in [0.29, 0.717) is 5.56 Å². The van der Waals surface area contributed by atoms with Gasteiger partial charge in [0.1, 0.15) is 0 Å². The molecule has 1 aliphatic rings. The fraction of sp³-hybridized carbons (Fsp3) is 0.625. The zero-order valence-electron chi connectivity index (χ0n) is 12.5. The average molecular weight is 281 g/mol. The fourth-order valence-electron chi connectivity index (χ4n) is 2.88. The lowest BCUT2D eigenvalue weighted by atomic mass is 9.87. The molecule has 20 heavy (non-hydrogen) atoms. The highest BCUT2D eigenvalue weighted by atomic mass is 19.1. The SMILES string of the molecule is CCCNC(c1cccc(OC)c1F)C1(C)CCCO1. The van der Waals surface area contributed by atoms with Crippen LogP contribution in [0.4, 0.5) is 4.39 Å². The summed E-state index contributed by atoms with van der Waals surface area (Å²) in [6.07, 6.45) is 2.95. The third-order valence-electron chi connectivity index (χ3n) is 3.98. The van der Waals surface area contributed by atoms with Gasteiger partial charge in [-0.1, -0.05) is 19.1 Å². The molecule has 4 heteroatoms. The lowest BCUT2D eigenvalue weighted by molar-refractivity contribution is -0.0134. The van der Waals surface area contributed by atoms with E-state index in [0.717, 1.165) is 32.4 Å². The summed E-state index contributed by atoms with van der Waals surface area (Å²) >= 11 is 0. The molecular weight excluding hydrogens is 257 g/mol. The topological polar surface area (TPSA) is 30.5 Å². The monoisotopic (exact) mass is 281 g/mol. The van der Waals surface area contributed by atoms with Crippen molar-refractivity contribution in [3.05, 3.63) is 29.6 Å². The van der Waals surface area contributed by atoms with E-state index in [4.69, 9.17) is 9.47 Å². The normalized spacial score (nSPS) is 23.8. The van der Waals surface area contributed by atoms with Gasteiger partial charge in [-0.25, -0.2) is 4.39 Å². The minimum atomic E-state index is -0.359. The number of methoxy groups -OCH3 is 1. The molecule has 1 aromatic carbocycles. The molecule has 0 spiro atoms. The molecule has 2 rings (SSSR count). The molecule has 1 aromatic rings. The van der Waals surface area contributed by atoms with Crippen molar-refractivity contribution >= 4 is 0 Å². The van der Waals surface area contributed by atoms with Gasteiger partial charge in [0, 0.05) is 12.2 Å². The highest BCUT2D eigenvalue weighted by Crippen LogP contribution is 2.39. The van der Waals surface area contributed by atoms with Crippen LogP contribution in [-0.2, 0) is 4.74 Å². The highest BCUT2D eigenvalue weighted by molar-refractivity contribution is 5.34. The van der Waals surface area contributed by atoms with Crippen LogP contribution in [0.2, 0.25) is 0 Å². The van der Waals surface area contributed by atoms with Gasteiger partial charge in [0.05, 0.1) is 18.8 Å². The maximum atomic E-state index is 14.6.